The summed E-state index contributed by atoms with van der Waals surface area (Å²) in [6.07, 6.45) is 5.74. The van der Waals surface area contributed by atoms with Gasteiger partial charge in [0.25, 0.3) is 0 Å². The molecule has 0 saturated carbocycles. The molecule has 0 bridgehead atoms. The number of rotatable bonds is 6. The average molecular weight is 323 g/mol. The molecule has 0 aliphatic carbocycles. The fraction of sp³-hybridized carbons (Fsp3) is 0.647. The highest BCUT2D eigenvalue weighted by Crippen LogP contribution is 2.33. The van der Waals surface area contributed by atoms with Crippen LogP contribution in [0, 0.1) is 0 Å². The lowest BCUT2D eigenvalue weighted by Crippen LogP contribution is -2.27. The first kappa shape index (κ1) is 16.5. The van der Waals surface area contributed by atoms with Gasteiger partial charge in [0.1, 0.15) is 0 Å². The van der Waals surface area contributed by atoms with Gasteiger partial charge in [-0.05, 0) is 43.4 Å². The Hall–Kier alpha value is -1.34. The first-order valence-electron chi connectivity index (χ1n) is 8.36. The maximum absolute atomic E-state index is 6.02. The number of ether oxygens (including phenoxy) is 4. The lowest BCUT2D eigenvalue weighted by atomic mass is 10.2. The van der Waals surface area contributed by atoms with Crippen LogP contribution in [0.2, 0.25) is 0 Å². The van der Waals surface area contributed by atoms with Gasteiger partial charge in [-0.3, -0.25) is 4.84 Å². The molecule has 2 saturated heterocycles. The molecule has 0 amide bonds. The molecule has 2 unspecified atom stereocenters. The topological polar surface area (TPSA) is 72.2 Å². The zero-order valence-corrected chi connectivity index (χ0v) is 13.4. The van der Waals surface area contributed by atoms with E-state index >= 15 is 0 Å². The minimum atomic E-state index is -0.229. The Morgan fingerprint density at radius 1 is 0.913 bits per heavy atom. The molecule has 1 aromatic carbocycles. The second-order valence-corrected chi connectivity index (χ2v) is 5.92. The van der Waals surface area contributed by atoms with E-state index in [1.54, 1.807) is 0 Å². The van der Waals surface area contributed by atoms with Crippen molar-refractivity contribution < 1.29 is 23.8 Å². The lowest BCUT2D eigenvalue weighted by molar-refractivity contribution is -0.119. The summed E-state index contributed by atoms with van der Waals surface area (Å²) < 4.78 is 23.3. The van der Waals surface area contributed by atoms with Gasteiger partial charge in [0.05, 0.1) is 19.8 Å². The summed E-state index contributed by atoms with van der Waals surface area (Å²) in [5.74, 6) is 6.49. The van der Waals surface area contributed by atoms with E-state index in [0.717, 1.165) is 57.3 Å². The van der Waals surface area contributed by atoms with E-state index in [-0.39, 0.29) is 12.6 Å². The average Bonchev–Trinajstić information content (AvgIpc) is 2.59. The van der Waals surface area contributed by atoms with Crippen molar-refractivity contribution in [2.75, 3.05) is 13.2 Å². The van der Waals surface area contributed by atoms with E-state index in [9.17, 15) is 0 Å². The highest BCUT2D eigenvalue weighted by molar-refractivity contribution is 5.43. The molecule has 1 aromatic rings. The van der Waals surface area contributed by atoms with E-state index < -0.39 is 0 Å². The summed E-state index contributed by atoms with van der Waals surface area (Å²) in [7, 11) is 0. The van der Waals surface area contributed by atoms with Gasteiger partial charge in [0.2, 0.25) is 0 Å². The Bertz CT molecular complexity index is 484. The molecule has 6 heteroatoms. The minimum absolute atomic E-state index is 0.213. The highest BCUT2D eigenvalue weighted by atomic mass is 16.7. The lowest BCUT2D eigenvalue weighted by Gasteiger charge is -2.27. The Morgan fingerprint density at radius 3 is 2.13 bits per heavy atom. The van der Waals surface area contributed by atoms with Crippen LogP contribution >= 0.6 is 0 Å². The maximum atomic E-state index is 6.02. The third kappa shape index (κ3) is 4.81. The molecule has 2 aliphatic heterocycles. The molecule has 23 heavy (non-hydrogen) atoms. The van der Waals surface area contributed by atoms with Crippen LogP contribution in [0.4, 0.5) is 0 Å². The van der Waals surface area contributed by atoms with Crippen LogP contribution in [-0.2, 0) is 20.9 Å². The van der Waals surface area contributed by atoms with Crippen LogP contribution in [0.1, 0.15) is 44.1 Å². The van der Waals surface area contributed by atoms with Gasteiger partial charge in [-0.25, -0.2) is 5.90 Å². The first-order valence-corrected chi connectivity index (χ1v) is 8.36. The van der Waals surface area contributed by atoms with Crippen molar-refractivity contribution in [3.63, 3.8) is 0 Å². The van der Waals surface area contributed by atoms with E-state index in [1.807, 2.05) is 18.2 Å². The Balaban J connectivity index is 1.72. The summed E-state index contributed by atoms with van der Waals surface area (Å²) in [4.78, 5) is 4.71. The van der Waals surface area contributed by atoms with E-state index in [2.05, 4.69) is 0 Å². The van der Waals surface area contributed by atoms with Crippen LogP contribution in [0.3, 0.4) is 0 Å². The van der Waals surface area contributed by atoms with Crippen molar-refractivity contribution in [2.45, 2.75) is 57.7 Å². The van der Waals surface area contributed by atoms with Crippen LogP contribution in [0.5, 0.6) is 11.5 Å². The van der Waals surface area contributed by atoms with Gasteiger partial charge in [0.15, 0.2) is 24.1 Å². The summed E-state index contributed by atoms with van der Waals surface area (Å²) in [6, 6.07) is 5.69. The molecular weight excluding hydrogens is 298 g/mol. The molecule has 2 fully saturated rings. The second-order valence-electron chi connectivity index (χ2n) is 5.92. The molecule has 0 aromatic heterocycles. The zero-order valence-electron chi connectivity index (χ0n) is 13.4. The molecule has 3 rings (SSSR count). The Kier molecular flexibility index (Phi) is 6.10. The molecule has 0 radical (unpaired) electrons. The summed E-state index contributed by atoms with van der Waals surface area (Å²) >= 11 is 0. The van der Waals surface area contributed by atoms with Crippen molar-refractivity contribution in [1.29, 1.82) is 0 Å². The molecule has 0 spiro atoms. The molecule has 2 heterocycles. The molecule has 6 nitrogen and oxygen atoms in total. The first-order chi connectivity index (χ1) is 11.3. The monoisotopic (exact) mass is 323 g/mol. The largest absolute Gasteiger partial charge is 0.461 e. The van der Waals surface area contributed by atoms with E-state index in [1.165, 1.54) is 0 Å². The predicted molar refractivity (Wildman–Crippen MR) is 83.9 cm³/mol. The van der Waals surface area contributed by atoms with Gasteiger partial charge in [0, 0.05) is 12.8 Å². The summed E-state index contributed by atoms with van der Waals surface area (Å²) in [6.45, 7) is 1.80. The fourth-order valence-electron chi connectivity index (χ4n) is 2.82. The van der Waals surface area contributed by atoms with E-state index in [0.29, 0.717) is 18.1 Å². The van der Waals surface area contributed by atoms with Crippen molar-refractivity contribution >= 4 is 0 Å². The predicted octanol–water partition coefficient (Wildman–Crippen LogP) is 2.89. The fourth-order valence-corrected chi connectivity index (χ4v) is 2.82. The normalized spacial score (nSPS) is 25.1. The minimum Gasteiger partial charge on any atom is -0.461 e. The zero-order chi connectivity index (χ0) is 15.9. The van der Waals surface area contributed by atoms with Crippen LogP contribution < -0.4 is 15.4 Å². The second kappa shape index (κ2) is 8.49. The van der Waals surface area contributed by atoms with Crippen molar-refractivity contribution in [1.82, 2.24) is 0 Å². The third-order valence-corrected chi connectivity index (χ3v) is 4.05. The van der Waals surface area contributed by atoms with Gasteiger partial charge >= 0.3 is 0 Å². The molecule has 2 aliphatic rings. The van der Waals surface area contributed by atoms with Crippen LogP contribution in [0.15, 0.2) is 18.2 Å². The molecule has 2 N–H and O–H groups in total. The molecule has 128 valence electrons. The number of hydrogen-bond donors (Lipinski definition) is 1. The van der Waals surface area contributed by atoms with Gasteiger partial charge < -0.3 is 18.9 Å². The maximum Gasteiger partial charge on any atom is 0.200 e. The van der Waals surface area contributed by atoms with Gasteiger partial charge in [-0.2, -0.15) is 0 Å². The van der Waals surface area contributed by atoms with E-state index in [4.69, 9.17) is 29.7 Å². The summed E-state index contributed by atoms with van der Waals surface area (Å²) in [5, 5.41) is 0. The Morgan fingerprint density at radius 2 is 1.57 bits per heavy atom. The smallest absolute Gasteiger partial charge is 0.200 e. The third-order valence-electron chi connectivity index (χ3n) is 4.05. The Labute approximate surface area is 136 Å². The number of nitrogens with two attached hydrogens (primary N) is 1. The molecular formula is C17H25NO5. The van der Waals surface area contributed by atoms with Crippen LogP contribution in [0.25, 0.3) is 0 Å². The summed E-state index contributed by atoms with van der Waals surface area (Å²) in [5.41, 5.74) is 0.926. The standard InChI is InChI=1S/C17H25NO5/c18-21-12-13-7-8-14(22-16-5-1-3-9-19-16)15(11-13)23-17-6-2-4-10-20-17/h7-8,11,16-17H,1-6,9-10,12,18H2. The highest BCUT2D eigenvalue weighted by Gasteiger charge is 2.21. The van der Waals surface area contributed by atoms with Gasteiger partial charge in [-0.1, -0.05) is 6.07 Å². The van der Waals surface area contributed by atoms with Crippen molar-refractivity contribution in [3.8, 4) is 11.5 Å². The van der Waals surface area contributed by atoms with Crippen molar-refractivity contribution in [3.05, 3.63) is 23.8 Å². The van der Waals surface area contributed by atoms with Crippen LogP contribution in [-0.4, -0.2) is 25.8 Å². The molecule has 2 atom stereocenters. The SMILES string of the molecule is NOCc1ccc(OC2CCCCO2)c(OC2CCCCO2)c1. The number of benzene rings is 1. The van der Waals surface area contributed by atoms with Gasteiger partial charge in [-0.15, -0.1) is 0 Å². The number of hydrogen-bond acceptors (Lipinski definition) is 6. The quantitative estimate of drug-likeness (QED) is 0.812. The van der Waals surface area contributed by atoms with Crippen molar-refractivity contribution in [2.24, 2.45) is 5.90 Å².